The first-order chi connectivity index (χ1) is 7.49. The number of benzene rings is 1. The van der Waals surface area contributed by atoms with E-state index in [0.717, 1.165) is 0 Å². The fourth-order valence-corrected chi connectivity index (χ4v) is 1.55. The number of primary amides is 1. The van der Waals surface area contributed by atoms with Gasteiger partial charge in [0.05, 0.1) is 0 Å². The predicted octanol–water partition coefficient (Wildman–Crippen LogP) is 1.40. The molecule has 0 aliphatic rings. The fourth-order valence-electron chi connectivity index (χ4n) is 1.35. The van der Waals surface area contributed by atoms with Gasteiger partial charge >= 0.3 is 0 Å². The van der Waals surface area contributed by atoms with Crippen molar-refractivity contribution in [3.63, 3.8) is 0 Å². The van der Waals surface area contributed by atoms with Gasteiger partial charge in [-0.3, -0.25) is 4.79 Å². The van der Waals surface area contributed by atoms with Crippen LogP contribution < -0.4 is 11.1 Å². The zero-order chi connectivity index (χ0) is 12.1. The summed E-state index contributed by atoms with van der Waals surface area (Å²) in [6.45, 7) is 2.30. The molecule has 1 unspecified atom stereocenters. The van der Waals surface area contributed by atoms with Crippen LogP contribution in [0.5, 0.6) is 5.75 Å². The van der Waals surface area contributed by atoms with Crippen molar-refractivity contribution in [2.45, 2.75) is 25.9 Å². The van der Waals surface area contributed by atoms with Crippen molar-refractivity contribution in [2.24, 2.45) is 5.73 Å². The van der Waals surface area contributed by atoms with Gasteiger partial charge < -0.3 is 16.2 Å². The van der Waals surface area contributed by atoms with Crippen molar-refractivity contribution >= 4 is 17.5 Å². The van der Waals surface area contributed by atoms with E-state index in [0.29, 0.717) is 17.1 Å². The first-order valence-electron chi connectivity index (χ1n) is 4.98. The second-order valence-corrected chi connectivity index (χ2v) is 4.16. The number of hydrogen-bond donors (Lipinski definition) is 3. The molecule has 0 fully saturated rings. The van der Waals surface area contributed by atoms with Crippen LogP contribution in [-0.2, 0) is 11.3 Å². The molecule has 1 rings (SSSR count). The Morgan fingerprint density at radius 3 is 2.94 bits per heavy atom. The minimum atomic E-state index is -0.352. The normalized spacial score (nSPS) is 12.4. The van der Waals surface area contributed by atoms with Crippen LogP contribution in [0.1, 0.15) is 18.9 Å². The van der Waals surface area contributed by atoms with Crippen LogP contribution in [0.3, 0.4) is 0 Å². The minimum absolute atomic E-state index is 0.0316. The molecule has 0 aliphatic heterocycles. The molecule has 4 N–H and O–H groups in total. The number of nitrogens with two attached hydrogens (primary N) is 1. The van der Waals surface area contributed by atoms with Crippen LogP contribution in [0.4, 0.5) is 0 Å². The fraction of sp³-hybridized carbons (Fsp3) is 0.364. The Kier molecular flexibility index (Phi) is 4.58. The topological polar surface area (TPSA) is 75.4 Å². The van der Waals surface area contributed by atoms with Crippen LogP contribution >= 0.6 is 11.6 Å². The first-order valence-corrected chi connectivity index (χ1v) is 5.36. The summed E-state index contributed by atoms with van der Waals surface area (Å²) in [7, 11) is 0. The molecule has 1 atom stereocenters. The average Bonchev–Trinajstić information content (AvgIpc) is 2.18. The molecule has 0 saturated carbocycles. The molecule has 0 saturated heterocycles. The van der Waals surface area contributed by atoms with Crippen LogP contribution in [0.25, 0.3) is 0 Å². The second-order valence-electron chi connectivity index (χ2n) is 3.73. The van der Waals surface area contributed by atoms with E-state index in [-0.39, 0.29) is 24.1 Å². The molecule has 1 aromatic carbocycles. The van der Waals surface area contributed by atoms with E-state index in [4.69, 9.17) is 17.3 Å². The van der Waals surface area contributed by atoms with Crippen LogP contribution in [0.2, 0.25) is 5.02 Å². The third-order valence-corrected chi connectivity index (χ3v) is 2.42. The molecule has 5 heteroatoms. The lowest BCUT2D eigenvalue weighted by Crippen LogP contribution is -2.30. The van der Waals surface area contributed by atoms with Gasteiger partial charge in [0.1, 0.15) is 5.75 Å². The lowest BCUT2D eigenvalue weighted by atomic mass is 10.1. The Labute approximate surface area is 99.4 Å². The number of phenolic OH excluding ortho intramolecular Hbond substituents is 1. The summed E-state index contributed by atoms with van der Waals surface area (Å²) in [5.41, 5.74) is 5.76. The highest BCUT2D eigenvalue weighted by atomic mass is 35.5. The maximum Gasteiger partial charge on any atom is 0.218 e. The zero-order valence-corrected chi connectivity index (χ0v) is 9.79. The summed E-state index contributed by atoms with van der Waals surface area (Å²) in [4.78, 5) is 10.7. The van der Waals surface area contributed by atoms with Crippen molar-refractivity contribution in [3.8, 4) is 5.75 Å². The van der Waals surface area contributed by atoms with Crippen molar-refractivity contribution in [1.29, 1.82) is 0 Å². The van der Waals surface area contributed by atoms with E-state index in [1.807, 2.05) is 6.92 Å². The Balaban J connectivity index is 2.54. The molecule has 16 heavy (non-hydrogen) atoms. The molecule has 0 aromatic heterocycles. The lowest BCUT2D eigenvalue weighted by Gasteiger charge is -2.12. The number of amides is 1. The number of phenols is 1. The SMILES string of the molecule is CC(CC(N)=O)NCc1cc(Cl)ccc1O. The third-order valence-electron chi connectivity index (χ3n) is 2.19. The van der Waals surface area contributed by atoms with E-state index in [1.54, 1.807) is 12.1 Å². The smallest absolute Gasteiger partial charge is 0.218 e. The summed E-state index contributed by atoms with van der Waals surface area (Å²) >= 11 is 5.80. The molecule has 0 radical (unpaired) electrons. The number of aromatic hydroxyl groups is 1. The Bertz CT molecular complexity index is 382. The van der Waals surface area contributed by atoms with Gasteiger partial charge in [-0.2, -0.15) is 0 Å². The number of rotatable bonds is 5. The van der Waals surface area contributed by atoms with Gasteiger partial charge in [-0.05, 0) is 25.1 Å². The van der Waals surface area contributed by atoms with E-state index < -0.39 is 0 Å². The van der Waals surface area contributed by atoms with Crippen LogP contribution in [-0.4, -0.2) is 17.1 Å². The van der Waals surface area contributed by atoms with Crippen molar-refractivity contribution in [1.82, 2.24) is 5.32 Å². The Hall–Kier alpha value is -1.26. The standard InChI is InChI=1S/C11H15ClN2O2/c1-7(4-11(13)16)14-6-8-5-9(12)2-3-10(8)15/h2-3,5,7,14-15H,4,6H2,1H3,(H2,13,16). The molecule has 1 aromatic rings. The monoisotopic (exact) mass is 242 g/mol. The molecule has 0 aliphatic carbocycles. The van der Waals surface area contributed by atoms with E-state index in [9.17, 15) is 9.90 Å². The highest BCUT2D eigenvalue weighted by Crippen LogP contribution is 2.21. The Morgan fingerprint density at radius 2 is 2.31 bits per heavy atom. The maximum absolute atomic E-state index is 10.7. The third kappa shape index (κ3) is 4.08. The van der Waals surface area contributed by atoms with Gasteiger partial charge in [-0.15, -0.1) is 0 Å². The zero-order valence-electron chi connectivity index (χ0n) is 9.03. The lowest BCUT2D eigenvalue weighted by molar-refractivity contribution is -0.118. The molecule has 1 amide bonds. The predicted molar refractivity (Wildman–Crippen MR) is 63.2 cm³/mol. The van der Waals surface area contributed by atoms with Gasteiger partial charge in [-0.25, -0.2) is 0 Å². The summed E-state index contributed by atoms with van der Waals surface area (Å²) in [6.07, 6.45) is 0.265. The number of hydrogen-bond acceptors (Lipinski definition) is 3. The first kappa shape index (κ1) is 12.8. The van der Waals surface area contributed by atoms with Gasteiger partial charge in [0, 0.05) is 29.6 Å². The maximum atomic E-state index is 10.7. The van der Waals surface area contributed by atoms with E-state index >= 15 is 0 Å². The summed E-state index contributed by atoms with van der Waals surface area (Å²) in [5, 5.41) is 13.2. The van der Waals surface area contributed by atoms with Crippen LogP contribution in [0.15, 0.2) is 18.2 Å². The molecule has 4 nitrogen and oxygen atoms in total. The summed E-state index contributed by atoms with van der Waals surface area (Å²) in [5.74, 6) is -0.168. The van der Waals surface area contributed by atoms with E-state index in [1.165, 1.54) is 6.07 Å². The number of nitrogens with one attached hydrogen (secondary N) is 1. The minimum Gasteiger partial charge on any atom is -0.508 e. The number of halogens is 1. The highest BCUT2D eigenvalue weighted by molar-refractivity contribution is 6.30. The molecule has 0 heterocycles. The highest BCUT2D eigenvalue weighted by Gasteiger charge is 2.07. The van der Waals surface area contributed by atoms with Crippen LogP contribution in [0, 0.1) is 0 Å². The number of carbonyl (C=O) groups is 1. The molecular formula is C11H15ClN2O2. The van der Waals surface area contributed by atoms with E-state index in [2.05, 4.69) is 5.32 Å². The quantitative estimate of drug-likeness (QED) is 0.731. The molecule has 88 valence electrons. The molecule has 0 spiro atoms. The van der Waals surface area contributed by atoms with Gasteiger partial charge in [0.15, 0.2) is 0 Å². The molecule has 0 bridgehead atoms. The van der Waals surface area contributed by atoms with Gasteiger partial charge in [-0.1, -0.05) is 11.6 Å². The van der Waals surface area contributed by atoms with Crippen molar-refractivity contribution in [3.05, 3.63) is 28.8 Å². The second kappa shape index (κ2) is 5.72. The number of carbonyl (C=O) groups excluding carboxylic acids is 1. The van der Waals surface area contributed by atoms with Gasteiger partial charge in [0.25, 0.3) is 0 Å². The van der Waals surface area contributed by atoms with Crippen molar-refractivity contribution < 1.29 is 9.90 Å². The Morgan fingerprint density at radius 1 is 1.62 bits per heavy atom. The molecular weight excluding hydrogens is 228 g/mol. The summed E-state index contributed by atoms with van der Waals surface area (Å²) in [6, 6.07) is 4.81. The largest absolute Gasteiger partial charge is 0.508 e. The van der Waals surface area contributed by atoms with Gasteiger partial charge in [0.2, 0.25) is 5.91 Å². The summed E-state index contributed by atoms with van der Waals surface area (Å²) < 4.78 is 0. The average molecular weight is 243 g/mol. The van der Waals surface area contributed by atoms with Crippen molar-refractivity contribution in [2.75, 3.05) is 0 Å².